The molecule has 0 bridgehead atoms. The summed E-state index contributed by atoms with van der Waals surface area (Å²) < 4.78 is 4.71. The maximum absolute atomic E-state index is 8.83. The van der Waals surface area contributed by atoms with Gasteiger partial charge in [-0.25, -0.2) is 0 Å². The maximum Gasteiger partial charge on any atom is 2.00 e. The quantitative estimate of drug-likeness (QED) is 0.0949. The van der Waals surface area contributed by atoms with Crippen LogP contribution in [0.3, 0.4) is 0 Å². The van der Waals surface area contributed by atoms with Gasteiger partial charge in [0.05, 0.1) is 18.8 Å². The van der Waals surface area contributed by atoms with Crippen LogP contribution in [-0.4, -0.2) is 75.4 Å². The number of ether oxygens (including phenoxy) is 1. The molecule has 1 fully saturated rings. The van der Waals surface area contributed by atoms with Gasteiger partial charge in [-0.3, -0.25) is 0 Å². The van der Waals surface area contributed by atoms with Crippen molar-refractivity contribution in [2.45, 2.75) is 77.4 Å². The number of rotatable bonds is 10. The van der Waals surface area contributed by atoms with Gasteiger partial charge >= 0.3 is 74.4 Å². The van der Waals surface area contributed by atoms with E-state index in [1.807, 2.05) is 25.2 Å². The first kappa shape index (κ1) is 48.9. The SMILES string of the molecule is C=CCCCBr.C=CCCCC[C@@H](C)O.C=CCC[CH2-].C[C@@H]1CO1.[Br-].[Cu][Br].[H-].[H-].[Mg+2].[Mg+2]. The molecule has 2 nitrogen and oxygen atoms in total. The molecule has 29 heavy (non-hydrogen) atoms. The summed E-state index contributed by atoms with van der Waals surface area (Å²) in [6, 6.07) is 0. The Bertz CT molecular complexity index is 283. The number of aliphatic hydroxyl groups excluding tert-OH is 1. The van der Waals surface area contributed by atoms with E-state index in [1.54, 1.807) is 0 Å². The van der Waals surface area contributed by atoms with E-state index in [9.17, 15) is 0 Å². The number of epoxide rings is 1. The van der Waals surface area contributed by atoms with Crippen LogP contribution >= 0.6 is 30.0 Å². The van der Waals surface area contributed by atoms with Gasteiger partial charge in [0.25, 0.3) is 0 Å². The van der Waals surface area contributed by atoms with Gasteiger partial charge in [0, 0.05) is 5.33 Å². The normalized spacial score (nSPS) is 12.8. The van der Waals surface area contributed by atoms with Crippen molar-refractivity contribution >= 4 is 76.1 Å². The van der Waals surface area contributed by atoms with Crippen LogP contribution in [0.2, 0.25) is 0 Å². The Labute approximate surface area is 251 Å². The average molecular weight is 678 g/mol. The molecule has 1 heterocycles. The largest absolute Gasteiger partial charge is 2.00 e. The van der Waals surface area contributed by atoms with Crippen LogP contribution in [0.25, 0.3) is 0 Å². The van der Waals surface area contributed by atoms with Gasteiger partial charge in [0.2, 0.25) is 0 Å². The van der Waals surface area contributed by atoms with E-state index in [2.05, 4.69) is 77.8 Å². The maximum atomic E-state index is 8.83. The van der Waals surface area contributed by atoms with Gasteiger partial charge < -0.3 is 36.6 Å². The minimum absolute atomic E-state index is 0. The standard InChI is InChI=1S/C8H16O.C5H9Br.C5H9.C3H6O.2BrH.Cu.2Mg.2H/c1-3-4-5-6-7-8(2)9;1-2-3-4-5-6;1-3-5-4-2;1-3-2-4-3;;;;;;;/h3,8-9H,1,4-7H2,2H3;2H,1,3-5H2;3H,1-2,4-5H2;3H,2H2,1H3;2*1H;;;;;/q;;-1;;;;+1;2*+2;2*-1/p-2/t8-;;;3-;;;;;;;/m1..1......./s1. The molecule has 0 spiro atoms. The van der Waals surface area contributed by atoms with E-state index in [1.165, 1.54) is 6.42 Å². The third-order valence-corrected chi connectivity index (χ3v) is 3.29. The molecular formula is C21H42Br3CuMg2O2. The molecule has 0 radical (unpaired) electrons. The summed E-state index contributed by atoms with van der Waals surface area (Å²) in [5.74, 6) is 0. The van der Waals surface area contributed by atoms with Crippen LogP contribution in [0.15, 0.2) is 38.0 Å². The topological polar surface area (TPSA) is 32.8 Å². The van der Waals surface area contributed by atoms with Crippen molar-refractivity contribution in [3.63, 3.8) is 0 Å². The molecule has 174 valence electrons. The van der Waals surface area contributed by atoms with Crippen molar-refractivity contribution in [1.29, 1.82) is 0 Å². The first-order chi connectivity index (χ1) is 12.5. The third-order valence-electron chi connectivity index (χ3n) is 2.73. The molecule has 0 saturated carbocycles. The number of unbranched alkanes of at least 4 members (excludes halogenated alkanes) is 4. The Hall–Kier alpha value is 2.63. The van der Waals surface area contributed by atoms with Crippen molar-refractivity contribution in [1.82, 2.24) is 0 Å². The molecule has 1 rings (SSSR count). The van der Waals surface area contributed by atoms with Crippen molar-refractivity contribution in [2.24, 2.45) is 0 Å². The summed E-state index contributed by atoms with van der Waals surface area (Å²) in [5.41, 5.74) is 0. The number of hydrogen-bond acceptors (Lipinski definition) is 2. The summed E-state index contributed by atoms with van der Waals surface area (Å²) in [6.45, 7) is 19.2. The van der Waals surface area contributed by atoms with Crippen LogP contribution in [0, 0.1) is 6.92 Å². The Morgan fingerprint density at radius 2 is 1.48 bits per heavy atom. The fourth-order valence-electron chi connectivity index (χ4n) is 1.19. The Morgan fingerprint density at radius 3 is 1.66 bits per heavy atom. The first-order valence-corrected chi connectivity index (χ1v) is 12.5. The molecule has 1 aliphatic rings. The molecule has 1 aliphatic heterocycles. The fourth-order valence-corrected chi connectivity index (χ4v) is 1.51. The summed E-state index contributed by atoms with van der Waals surface area (Å²) in [7, 11) is 0. The molecule has 1 N–H and O–H groups in total. The Morgan fingerprint density at radius 1 is 1.10 bits per heavy atom. The first-order valence-electron chi connectivity index (χ1n) is 9.08. The second-order valence-electron chi connectivity index (χ2n) is 5.62. The molecule has 0 amide bonds. The van der Waals surface area contributed by atoms with Crippen LogP contribution in [0.1, 0.15) is 68.1 Å². The number of allylic oxidation sites excluding steroid dienone is 3. The van der Waals surface area contributed by atoms with E-state index >= 15 is 0 Å². The molecule has 0 aromatic heterocycles. The minimum atomic E-state index is -0.130. The smallest absolute Gasteiger partial charge is 1.00 e. The number of alkyl halides is 1. The summed E-state index contributed by atoms with van der Waals surface area (Å²) in [4.78, 5) is 0. The number of aliphatic hydroxyl groups is 1. The molecule has 2 atom stereocenters. The zero-order chi connectivity index (χ0) is 21.1. The minimum Gasteiger partial charge on any atom is -1.00 e. The van der Waals surface area contributed by atoms with Crippen molar-refractivity contribution in [3.05, 3.63) is 44.9 Å². The summed E-state index contributed by atoms with van der Waals surface area (Å²) >= 11 is 9.80. The van der Waals surface area contributed by atoms with Gasteiger partial charge in [-0.2, -0.15) is 6.42 Å². The zero-order valence-corrected chi connectivity index (χ0v) is 27.0. The van der Waals surface area contributed by atoms with Crippen molar-refractivity contribution in [2.75, 3.05) is 11.9 Å². The summed E-state index contributed by atoms with van der Waals surface area (Å²) in [6.07, 6.45) is 14.8. The van der Waals surface area contributed by atoms with E-state index in [0.29, 0.717) is 6.10 Å². The molecule has 0 aromatic carbocycles. The van der Waals surface area contributed by atoms with E-state index in [4.69, 9.17) is 9.84 Å². The van der Waals surface area contributed by atoms with E-state index < -0.39 is 0 Å². The van der Waals surface area contributed by atoms with Gasteiger partial charge in [-0.1, -0.05) is 47.0 Å². The second kappa shape index (κ2) is 52.5. The van der Waals surface area contributed by atoms with Crippen LogP contribution in [0.5, 0.6) is 0 Å². The van der Waals surface area contributed by atoms with E-state index in [-0.39, 0.29) is 72.0 Å². The van der Waals surface area contributed by atoms with Crippen molar-refractivity contribution in [3.8, 4) is 0 Å². The monoisotopic (exact) mass is 674 g/mol. The van der Waals surface area contributed by atoms with Gasteiger partial charge in [-0.05, 0) is 46.0 Å². The molecule has 0 unspecified atom stereocenters. The van der Waals surface area contributed by atoms with Gasteiger partial charge in [-0.15, -0.1) is 19.7 Å². The number of hydrogen-bond donors (Lipinski definition) is 1. The predicted molar refractivity (Wildman–Crippen MR) is 136 cm³/mol. The fraction of sp³-hybridized carbons (Fsp3) is 0.667. The number of halogens is 3. The predicted octanol–water partition coefficient (Wildman–Crippen LogP) is 3.96. The van der Waals surface area contributed by atoms with E-state index in [0.717, 1.165) is 56.9 Å². The Balaban J connectivity index is -0.0000000283. The van der Waals surface area contributed by atoms with Crippen molar-refractivity contribution < 1.29 is 43.9 Å². The van der Waals surface area contributed by atoms with Crippen LogP contribution < -0.4 is 17.0 Å². The molecule has 0 aromatic rings. The summed E-state index contributed by atoms with van der Waals surface area (Å²) in [5, 5.41) is 9.92. The van der Waals surface area contributed by atoms with Crippen LogP contribution in [-0.2, 0) is 18.9 Å². The zero-order valence-electron chi connectivity index (χ0n) is 20.5. The molecule has 8 heteroatoms. The van der Waals surface area contributed by atoms with Gasteiger partial charge in [0.1, 0.15) is 0 Å². The third kappa shape index (κ3) is 90.8. The molecular weight excluding hydrogens is 636 g/mol. The van der Waals surface area contributed by atoms with Crippen LogP contribution in [0.4, 0.5) is 0 Å². The molecule has 1 saturated heterocycles. The van der Waals surface area contributed by atoms with Gasteiger partial charge in [0.15, 0.2) is 0 Å². The second-order valence-corrected chi connectivity index (χ2v) is 6.41. The molecule has 0 aliphatic carbocycles. The Kier molecular flexibility index (Phi) is 88.6. The average Bonchev–Trinajstić information content (AvgIpc) is 3.43.